The number of nitrogens with zero attached hydrogens (tertiary/aromatic N) is 2. The number of carbonyl (C=O) groups excluding carboxylic acids is 2. The fourth-order valence-corrected chi connectivity index (χ4v) is 5.47. The molecule has 0 saturated carbocycles. The Bertz CT molecular complexity index is 1660. The van der Waals surface area contributed by atoms with Gasteiger partial charge in [-0.05, 0) is 72.0 Å². The third kappa shape index (κ3) is 4.44. The molecule has 1 aliphatic heterocycles. The number of aromatic nitrogens is 1. The number of thiophene rings is 1. The summed E-state index contributed by atoms with van der Waals surface area (Å²) in [6, 6.07) is 28.6. The Morgan fingerprint density at radius 2 is 1.76 bits per heavy atom. The summed E-state index contributed by atoms with van der Waals surface area (Å²) in [5.74, 6) is 0.315. The summed E-state index contributed by atoms with van der Waals surface area (Å²) >= 11 is 1.60. The maximum atomic E-state index is 13.9. The van der Waals surface area contributed by atoms with Gasteiger partial charge in [0.1, 0.15) is 0 Å². The van der Waals surface area contributed by atoms with Crippen molar-refractivity contribution in [1.29, 1.82) is 0 Å². The summed E-state index contributed by atoms with van der Waals surface area (Å²) in [7, 11) is 0. The molecule has 3 heterocycles. The van der Waals surface area contributed by atoms with Crippen LogP contribution in [0.1, 0.15) is 31.8 Å². The first-order valence-electron chi connectivity index (χ1n) is 12.3. The molecule has 1 aliphatic rings. The van der Waals surface area contributed by atoms with Gasteiger partial charge in [0.05, 0.1) is 12.2 Å². The van der Waals surface area contributed by atoms with Crippen molar-refractivity contribution in [2.75, 3.05) is 15.5 Å². The molecule has 6 nitrogen and oxygen atoms in total. The van der Waals surface area contributed by atoms with Crippen LogP contribution in [0.15, 0.2) is 103 Å². The predicted molar refractivity (Wildman–Crippen MR) is 153 cm³/mol. The number of nitrogens with one attached hydrogen (secondary N) is 2. The van der Waals surface area contributed by atoms with E-state index in [0.717, 1.165) is 32.9 Å². The summed E-state index contributed by atoms with van der Waals surface area (Å²) in [5, 5.41) is 8.37. The van der Waals surface area contributed by atoms with E-state index in [2.05, 4.69) is 15.6 Å². The van der Waals surface area contributed by atoms with Crippen molar-refractivity contribution in [3.63, 3.8) is 0 Å². The van der Waals surface area contributed by atoms with Gasteiger partial charge in [0.25, 0.3) is 11.8 Å². The van der Waals surface area contributed by atoms with E-state index in [1.807, 2.05) is 91.2 Å². The molecule has 2 N–H and O–H groups in total. The highest BCUT2D eigenvalue weighted by atomic mass is 32.1. The molecule has 186 valence electrons. The lowest BCUT2D eigenvalue weighted by Gasteiger charge is -2.23. The highest BCUT2D eigenvalue weighted by Gasteiger charge is 2.26. The Balaban J connectivity index is 1.28. The van der Waals surface area contributed by atoms with Crippen LogP contribution in [-0.4, -0.2) is 16.8 Å². The predicted octanol–water partition coefficient (Wildman–Crippen LogP) is 7.27. The number of hydrogen-bond acceptors (Lipinski definition) is 5. The van der Waals surface area contributed by atoms with Crippen molar-refractivity contribution in [2.45, 2.75) is 13.5 Å². The average Bonchev–Trinajstić information content (AvgIpc) is 3.42. The van der Waals surface area contributed by atoms with Crippen LogP contribution in [0.25, 0.3) is 10.4 Å². The highest BCUT2D eigenvalue weighted by Crippen LogP contribution is 2.35. The SMILES string of the molecule is Cc1cc(NC(=O)c2ccccc2-c2cccs2)ccc1C(=O)N1Cc2ccccc2Nc2ncccc21. The fourth-order valence-electron chi connectivity index (χ4n) is 4.71. The number of amides is 2. The zero-order valence-corrected chi connectivity index (χ0v) is 21.5. The molecular formula is C31H24N4O2S. The number of anilines is 4. The second-order valence-electron chi connectivity index (χ2n) is 9.05. The molecule has 3 aromatic carbocycles. The first-order chi connectivity index (χ1) is 18.6. The molecule has 0 fully saturated rings. The lowest BCUT2D eigenvalue weighted by Crippen LogP contribution is -2.30. The number of para-hydroxylation sites is 1. The highest BCUT2D eigenvalue weighted by molar-refractivity contribution is 7.13. The van der Waals surface area contributed by atoms with Gasteiger partial charge in [-0.1, -0.05) is 42.5 Å². The second kappa shape index (κ2) is 9.95. The topological polar surface area (TPSA) is 74.3 Å². The third-order valence-electron chi connectivity index (χ3n) is 6.59. The summed E-state index contributed by atoms with van der Waals surface area (Å²) in [4.78, 5) is 34.3. The van der Waals surface area contributed by atoms with Gasteiger partial charge in [-0.2, -0.15) is 0 Å². The van der Waals surface area contributed by atoms with E-state index < -0.39 is 0 Å². The molecule has 38 heavy (non-hydrogen) atoms. The van der Waals surface area contributed by atoms with E-state index in [0.29, 0.717) is 29.2 Å². The third-order valence-corrected chi connectivity index (χ3v) is 7.50. The lowest BCUT2D eigenvalue weighted by molar-refractivity contribution is 0.0983. The summed E-state index contributed by atoms with van der Waals surface area (Å²) < 4.78 is 0. The Morgan fingerprint density at radius 1 is 0.921 bits per heavy atom. The van der Waals surface area contributed by atoms with Crippen molar-refractivity contribution >= 4 is 46.0 Å². The summed E-state index contributed by atoms with van der Waals surface area (Å²) in [6.07, 6.45) is 1.71. The van der Waals surface area contributed by atoms with E-state index >= 15 is 0 Å². The molecule has 7 heteroatoms. The molecular weight excluding hydrogens is 492 g/mol. The standard InChI is InChI=1S/C31H24N4O2S/c1-20-18-22(33-30(36)25-10-4-3-9-24(25)28-13-7-17-38-28)14-15-23(20)31(37)35-19-21-8-2-5-11-26(21)34-29-27(35)12-6-16-32-29/h2-18H,19H2,1H3,(H,32,34)(H,33,36). The average molecular weight is 517 g/mol. The Kier molecular flexibility index (Phi) is 6.19. The molecule has 0 spiro atoms. The van der Waals surface area contributed by atoms with Crippen molar-refractivity contribution in [2.24, 2.45) is 0 Å². The smallest absolute Gasteiger partial charge is 0.258 e. The van der Waals surface area contributed by atoms with Gasteiger partial charge in [-0.25, -0.2) is 4.98 Å². The normalized spacial score (nSPS) is 12.1. The summed E-state index contributed by atoms with van der Waals surface area (Å²) in [5.41, 5.74) is 6.13. The van der Waals surface area contributed by atoms with Crippen LogP contribution in [-0.2, 0) is 6.54 Å². The van der Waals surface area contributed by atoms with E-state index in [1.54, 1.807) is 34.6 Å². The number of rotatable bonds is 4. The van der Waals surface area contributed by atoms with Crippen LogP contribution in [0.2, 0.25) is 0 Å². The number of fused-ring (bicyclic) bond motifs is 2. The first-order valence-corrected chi connectivity index (χ1v) is 13.1. The van der Waals surface area contributed by atoms with Gasteiger partial charge in [0.15, 0.2) is 5.82 Å². The van der Waals surface area contributed by atoms with Crippen molar-refractivity contribution in [3.05, 3.63) is 125 Å². The minimum Gasteiger partial charge on any atom is -0.338 e. The van der Waals surface area contributed by atoms with E-state index in [-0.39, 0.29) is 11.8 Å². The Morgan fingerprint density at radius 3 is 2.61 bits per heavy atom. The summed E-state index contributed by atoms with van der Waals surface area (Å²) in [6.45, 7) is 2.30. The molecule has 0 saturated heterocycles. The molecule has 5 aromatic rings. The lowest BCUT2D eigenvalue weighted by atomic mass is 10.0. The molecule has 0 bridgehead atoms. The van der Waals surface area contributed by atoms with E-state index in [1.165, 1.54) is 0 Å². The largest absolute Gasteiger partial charge is 0.338 e. The van der Waals surface area contributed by atoms with Crippen molar-refractivity contribution in [3.8, 4) is 10.4 Å². The van der Waals surface area contributed by atoms with Crippen LogP contribution >= 0.6 is 11.3 Å². The number of benzene rings is 3. The van der Waals surface area contributed by atoms with Gasteiger partial charge in [0.2, 0.25) is 0 Å². The minimum atomic E-state index is -0.192. The van der Waals surface area contributed by atoms with E-state index in [9.17, 15) is 9.59 Å². The minimum absolute atomic E-state index is 0.129. The number of carbonyl (C=O) groups is 2. The van der Waals surface area contributed by atoms with Crippen LogP contribution in [0.5, 0.6) is 0 Å². The molecule has 0 aliphatic carbocycles. The first kappa shape index (κ1) is 23.6. The number of pyridine rings is 1. The quantitative estimate of drug-likeness (QED) is 0.263. The van der Waals surface area contributed by atoms with Gasteiger partial charge in [0, 0.05) is 39.1 Å². The molecule has 0 radical (unpaired) electrons. The van der Waals surface area contributed by atoms with Crippen LogP contribution in [0.3, 0.4) is 0 Å². The molecule has 2 amide bonds. The Labute approximate surface area is 224 Å². The van der Waals surface area contributed by atoms with Crippen LogP contribution in [0.4, 0.5) is 22.9 Å². The number of hydrogen-bond donors (Lipinski definition) is 2. The van der Waals surface area contributed by atoms with Crippen LogP contribution in [0, 0.1) is 6.92 Å². The molecule has 2 aromatic heterocycles. The van der Waals surface area contributed by atoms with Crippen molar-refractivity contribution in [1.82, 2.24) is 4.98 Å². The fraction of sp³-hybridized carbons (Fsp3) is 0.0645. The Hall–Kier alpha value is -4.75. The zero-order chi connectivity index (χ0) is 26.1. The second-order valence-corrected chi connectivity index (χ2v) is 10.00. The van der Waals surface area contributed by atoms with Crippen LogP contribution < -0.4 is 15.5 Å². The number of aryl methyl sites for hydroxylation is 1. The molecule has 6 rings (SSSR count). The van der Waals surface area contributed by atoms with Gasteiger partial charge in [-0.15, -0.1) is 11.3 Å². The zero-order valence-electron chi connectivity index (χ0n) is 20.6. The monoisotopic (exact) mass is 516 g/mol. The molecule has 0 unspecified atom stereocenters. The van der Waals surface area contributed by atoms with Crippen molar-refractivity contribution < 1.29 is 9.59 Å². The van der Waals surface area contributed by atoms with E-state index in [4.69, 9.17) is 0 Å². The van der Waals surface area contributed by atoms with Gasteiger partial charge < -0.3 is 15.5 Å². The van der Waals surface area contributed by atoms with Gasteiger partial charge >= 0.3 is 0 Å². The maximum absolute atomic E-state index is 13.9. The molecule has 0 atom stereocenters. The van der Waals surface area contributed by atoms with Gasteiger partial charge in [-0.3, -0.25) is 9.59 Å². The maximum Gasteiger partial charge on any atom is 0.258 e.